The first-order chi connectivity index (χ1) is 4.71. The van der Waals surface area contributed by atoms with Gasteiger partial charge in [-0.2, -0.15) is 0 Å². The minimum absolute atomic E-state index is 0.0556. The maximum atomic E-state index is 5.64. The van der Waals surface area contributed by atoms with Crippen LogP contribution in [0.15, 0.2) is 12.2 Å². The zero-order chi connectivity index (χ0) is 7.61. The molecule has 58 valence electrons. The highest BCUT2D eigenvalue weighted by Crippen LogP contribution is 2.30. The van der Waals surface area contributed by atoms with Crippen molar-refractivity contribution in [2.45, 2.75) is 32.8 Å². The van der Waals surface area contributed by atoms with Gasteiger partial charge in [0.25, 0.3) is 0 Å². The predicted molar refractivity (Wildman–Crippen MR) is 43.0 cm³/mol. The lowest BCUT2D eigenvalue weighted by Gasteiger charge is -2.29. The smallest absolute Gasteiger partial charge is 0.0887 e. The summed E-state index contributed by atoms with van der Waals surface area (Å²) < 4.78 is 5.64. The van der Waals surface area contributed by atoms with Crippen LogP contribution >= 0.6 is 0 Å². The summed E-state index contributed by atoms with van der Waals surface area (Å²) in [4.78, 5) is 0. The minimum atomic E-state index is 0.0556. The molecule has 0 fully saturated rings. The third kappa shape index (κ3) is 1.10. The van der Waals surface area contributed by atoms with Crippen molar-refractivity contribution in [3.8, 4) is 0 Å². The molecule has 1 nitrogen and oxygen atoms in total. The Morgan fingerprint density at radius 2 is 2.30 bits per heavy atom. The number of rotatable bonds is 2. The van der Waals surface area contributed by atoms with Crippen LogP contribution in [0.4, 0.5) is 0 Å². The molecule has 0 aliphatic carbocycles. The summed E-state index contributed by atoms with van der Waals surface area (Å²) in [6.45, 7) is 7.39. The van der Waals surface area contributed by atoms with Gasteiger partial charge in [-0.3, -0.25) is 0 Å². The summed E-state index contributed by atoms with van der Waals surface area (Å²) in [6, 6.07) is 0. The molecule has 1 rings (SSSR count). The van der Waals surface area contributed by atoms with Gasteiger partial charge in [-0.1, -0.05) is 32.9 Å². The average molecular weight is 140 g/mol. The van der Waals surface area contributed by atoms with Gasteiger partial charge < -0.3 is 4.74 Å². The van der Waals surface area contributed by atoms with Crippen molar-refractivity contribution < 1.29 is 4.74 Å². The van der Waals surface area contributed by atoms with Gasteiger partial charge in [0, 0.05) is 0 Å². The SMILES string of the molecule is CCC1(C(C)C)C=CCO1. The van der Waals surface area contributed by atoms with Crippen molar-refractivity contribution in [1.29, 1.82) is 0 Å². The van der Waals surface area contributed by atoms with E-state index in [4.69, 9.17) is 4.74 Å². The van der Waals surface area contributed by atoms with Crippen LogP contribution in [0, 0.1) is 5.92 Å². The van der Waals surface area contributed by atoms with E-state index < -0.39 is 0 Å². The van der Waals surface area contributed by atoms with Crippen LogP contribution in [-0.4, -0.2) is 12.2 Å². The van der Waals surface area contributed by atoms with Crippen LogP contribution in [0.25, 0.3) is 0 Å². The van der Waals surface area contributed by atoms with Gasteiger partial charge in [-0.25, -0.2) is 0 Å². The Kier molecular flexibility index (Phi) is 2.14. The Morgan fingerprint density at radius 1 is 1.60 bits per heavy atom. The van der Waals surface area contributed by atoms with Crippen LogP contribution in [-0.2, 0) is 4.74 Å². The monoisotopic (exact) mass is 140 g/mol. The fraction of sp³-hybridized carbons (Fsp3) is 0.778. The summed E-state index contributed by atoms with van der Waals surface area (Å²) in [5.41, 5.74) is 0.0556. The van der Waals surface area contributed by atoms with Crippen molar-refractivity contribution in [3.63, 3.8) is 0 Å². The lowest BCUT2D eigenvalue weighted by atomic mass is 9.88. The van der Waals surface area contributed by atoms with E-state index in [1.807, 2.05) is 0 Å². The van der Waals surface area contributed by atoms with Crippen molar-refractivity contribution in [2.75, 3.05) is 6.61 Å². The average Bonchev–Trinajstić information content (AvgIpc) is 2.35. The highest BCUT2D eigenvalue weighted by atomic mass is 16.5. The molecule has 0 aromatic heterocycles. The summed E-state index contributed by atoms with van der Waals surface area (Å²) in [5, 5.41) is 0. The maximum absolute atomic E-state index is 5.64. The zero-order valence-corrected chi connectivity index (χ0v) is 7.05. The van der Waals surface area contributed by atoms with Crippen molar-refractivity contribution in [1.82, 2.24) is 0 Å². The van der Waals surface area contributed by atoms with E-state index in [-0.39, 0.29) is 5.60 Å². The van der Waals surface area contributed by atoms with E-state index >= 15 is 0 Å². The third-order valence-corrected chi connectivity index (χ3v) is 2.38. The molecule has 1 unspecified atom stereocenters. The first kappa shape index (κ1) is 7.80. The second kappa shape index (κ2) is 2.75. The maximum Gasteiger partial charge on any atom is 0.0887 e. The molecular weight excluding hydrogens is 124 g/mol. The molecule has 1 heterocycles. The standard InChI is InChI=1S/C9H16O/c1-4-9(8(2)3)6-5-7-10-9/h5-6,8H,4,7H2,1-3H3. The van der Waals surface area contributed by atoms with Gasteiger partial charge in [-0.15, -0.1) is 0 Å². The Bertz CT molecular complexity index is 138. The number of hydrogen-bond acceptors (Lipinski definition) is 1. The Labute approximate surface area is 63.1 Å². The minimum Gasteiger partial charge on any atom is -0.367 e. The molecule has 0 bridgehead atoms. The highest BCUT2D eigenvalue weighted by molar-refractivity contribution is 5.08. The second-order valence-corrected chi connectivity index (χ2v) is 3.18. The van der Waals surface area contributed by atoms with E-state index in [9.17, 15) is 0 Å². The molecule has 0 aromatic carbocycles. The molecule has 0 amide bonds. The molecule has 1 atom stereocenters. The predicted octanol–water partition coefficient (Wildman–Crippen LogP) is 2.38. The van der Waals surface area contributed by atoms with Crippen LogP contribution in [0.2, 0.25) is 0 Å². The van der Waals surface area contributed by atoms with E-state index in [1.54, 1.807) is 0 Å². The lowest BCUT2D eigenvalue weighted by molar-refractivity contribution is -0.0131. The van der Waals surface area contributed by atoms with Gasteiger partial charge in [0.1, 0.15) is 0 Å². The Hall–Kier alpha value is -0.300. The van der Waals surface area contributed by atoms with E-state index in [0.717, 1.165) is 13.0 Å². The zero-order valence-electron chi connectivity index (χ0n) is 7.05. The molecule has 1 aliphatic rings. The van der Waals surface area contributed by atoms with Crippen molar-refractivity contribution >= 4 is 0 Å². The second-order valence-electron chi connectivity index (χ2n) is 3.18. The fourth-order valence-corrected chi connectivity index (χ4v) is 1.49. The molecule has 0 spiro atoms. The Morgan fingerprint density at radius 3 is 2.50 bits per heavy atom. The Balaban J connectivity index is 2.68. The largest absolute Gasteiger partial charge is 0.367 e. The lowest BCUT2D eigenvalue weighted by Crippen LogP contribution is -2.32. The molecule has 1 heteroatoms. The van der Waals surface area contributed by atoms with E-state index in [1.165, 1.54) is 0 Å². The molecule has 0 saturated heterocycles. The third-order valence-electron chi connectivity index (χ3n) is 2.38. The van der Waals surface area contributed by atoms with E-state index in [0.29, 0.717) is 5.92 Å². The van der Waals surface area contributed by atoms with Crippen molar-refractivity contribution in [3.05, 3.63) is 12.2 Å². The number of hydrogen-bond donors (Lipinski definition) is 0. The molecule has 0 N–H and O–H groups in total. The van der Waals surface area contributed by atoms with Crippen LogP contribution in [0.3, 0.4) is 0 Å². The molecule has 1 aliphatic heterocycles. The first-order valence-electron chi connectivity index (χ1n) is 4.03. The molecular formula is C9H16O. The van der Waals surface area contributed by atoms with Crippen LogP contribution in [0.5, 0.6) is 0 Å². The topological polar surface area (TPSA) is 9.23 Å². The summed E-state index contributed by atoms with van der Waals surface area (Å²) in [5.74, 6) is 0.594. The van der Waals surface area contributed by atoms with Gasteiger partial charge in [0.15, 0.2) is 0 Å². The van der Waals surface area contributed by atoms with Crippen LogP contribution < -0.4 is 0 Å². The first-order valence-corrected chi connectivity index (χ1v) is 4.03. The normalized spacial score (nSPS) is 32.0. The van der Waals surface area contributed by atoms with Gasteiger partial charge in [0.2, 0.25) is 0 Å². The van der Waals surface area contributed by atoms with Crippen LogP contribution in [0.1, 0.15) is 27.2 Å². The quantitative estimate of drug-likeness (QED) is 0.535. The molecule has 10 heavy (non-hydrogen) atoms. The highest BCUT2D eigenvalue weighted by Gasteiger charge is 2.32. The molecule has 0 radical (unpaired) electrons. The molecule has 0 aromatic rings. The van der Waals surface area contributed by atoms with E-state index in [2.05, 4.69) is 32.9 Å². The van der Waals surface area contributed by atoms with Gasteiger partial charge in [-0.05, 0) is 12.3 Å². The van der Waals surface area contributed by atoms with Gasteiger partial charge in [0.05, 0.1) is 12.2 Å². The summed E-state index contributed by atoms with van der Waals surface area (Å²) in [6.07, 6.45) is 5.41. The van der Waals surface area contributed by atoms with Crippen molar-refractivity contribution in [2.24, 2.45) is 5.92 Å². The number of ether oxygens (including phenoxy) is 1. The fourth-order valence-electron chi connectivity index (χ4n) is 1.49. The summed E-state index contributed by atoms with van der Waals surface area (Å²) in [7, 11) is 0. The summed E-state index contributed by atoms with van der Waals surface area (Å²) >= 11 is 0. The van der Waals surface area contributed by atoms with Gasteiger partial charge >= 0.3 is 0 Å². The molecule has 0 saturated carbocycles.